The highest BCUT2D eigenvalue weighted by Gasteiger charge is 2.22. The summed E-state index contributed by atoms with van der Waals surface area (Å²) in [4.78, 5) is 21.0. The molecule has 0 aliphatic rings. The Morgan fingerprint density at radius 2 is 1.70 bits per heavy atom. The first kappa shape index (κ1) is 16.6. The topological polar surface area (TPSA) is 85.6 Å². The number of nitrogens with one attached hydrogen (secondary N) is 1. The molecule has 0 atom stereocenters. The third-order valence-electron chi connectivity index (χ3n) is 4.00. The lowest BCUT2D eigenvalue weighted by atomic mass is 10.1. The van der Waals surface area contributed by atoms with Crippen LogP contribution in [-0.2, 0) is 6.54 Å². The lowest BCUT2D eigenvalue weighted by molar-refractivity contribution is 0.0946. The molecule has 0 aliphatic carbocycles. The summed E-state index contributed by atoms with van der Waals surface area (Å²) in [6.45, 7) is 0.313. The fraction of sp³-hybridized carbons (Fsp3) is 0.0500. The molecule has 7 heteroatoms. The van der Waals surface area contributed by atoms with Crippen LogP contribution in [0.4, 0.5) is 0 Å². The van der Waals surface area contributed by atoms with Gasteiger partial charge in [-0.25, -0.2) is 4.68 Å². The lowest BCUT2D eigenvalue weighted by Crippen LogP contribution is -2.24. The van der Waals surface area contributed by atoms with E-state index < -0.39 is 0 Å². The Kier molecular flexibility index (Phi) is 4.65. The van der Waals surface area contributed by atoms with Gasteiger partial charge in [0.1, 0.15) is 5.69 Å². The molecule has 0 unspecified atom stereocenters. The summed E-state index contributed by atoms with van der Waals surface area (Å²) in [5.74, 6) is -0.311. The van der Waals surface area contributed by atoms with Crippen molar-refractivity contribution in [2.45, 2.75) is 6.54 Å². The molecule has 0 aliphatic heterocycles. The summed E-state index contributed by atoms with van der Waals surface area (Å²) >= 11 is 0. The zero-order valence-electron chi connectivity index (χ0n) is 14.4. The molecule has 4 aromatic rings. The van der Waals surface area contributed by atoms with Crippen molar-refractivity contribution in [3.63, 3.8) is 0 Å². The quantitative estimate of drug-likeness (QED) is 0.594. The van der Waals surface area contributed by atoms with E-state index in [0.717, 1.165) is 16.9 Å². The van der Waals surface area contributed by atoms with Gasteiger partial charge in [0.25, 0.3) is 5.91 Å². The molecular weight excluding hydrogens is 340 g/mol. The van der Waals surface area contributed by atoms with Crippen LogP contribution in [0.2, 0.25) is 0 Å². The number of hydrogen-bond donors (Lipinski definition) is 1. The molecule has 1 amide bonds. The zero-order chi connectivity index (χ0) is 18.5. The van der Waals surface area contributed by atoms with Gasteiger partial charge in [0.2, 0.25) is 0 Å². The summed E-state index contributed by atoms with van der Waals surface area (Å²) in [7, 11) is 0. The van der Waals surface area contributed by atoms with Crippen LogP contribution >= 0.6 is 0 Å². The van der Waals surface area contributed by atoms with Crippen LogP contribution in [0.5, 0.6) is 0 Å². The van der Waals surface area contributed by atoms with Gasteiger partial charge in [0.05, 0.1) is 17.9 Å². The summed E-state index contributed by atoms with van der Waals surface area (Å²) in [5.41, 5.74) is 3.26. The van der Waals surface area contributed by atoms with Crippen molar-refractivity contribution in [1.82, 2.24) is 30.3 Å². The van der Waals surface area contributed by atoms with E-state index in [0.29, 0.717) is 12.2 Å². The van der Waals surface area contributed by atoms with E-state index in [1.807, 2.05) is 60.7 Å². The molecule has 3 heterocycles. The SMILES string of the molecule is O=C(NCc1ccccn1)c1nnn(-c2ccccc2)c1-c1ccncc1. The van der Waals surface area contributed by atoms with E-state index in [2.05, 4.69) is 25.6 Å². The predicted molar refractivity (Wildman–Crippen MR) is 100.0 cm³/mol. The third-order valence-corrected chi connectivity index (χ3v) is 4.00. The van der Waals surface area contributed by atoms with Gasteiger partial charge in [-0.15, -0.1) is 5.10 Å². The largest absolute Gasteiger partial charge is 0.345 e. The average molecular weight is 356 g/mol. The first-order valence-corrected chi connectivity index (χ1v) is 8.42. The van der Waals surface area contributed by atoms with Crippen molar-refractivity contribution in [3.8, 4) is 16.9 Å². The molecule has 0 spiro atoms. The molecule has 7 nitrogen and oxygen atoms in total. The fourth-order valence-corrected chi connectivity index (χ4v) is 2.71. The predicted octanol–water partition coefficient (Wildman–Crippen LogP) is 2.65. The molecule has 132 valence electrons. The number of para-hydroxylation sites is 1. The van der Waals surface area contributed by atoms with Crippen molar-refractivity contribution >= 4 is 5.91 Å². The van der Waals surface area contributed by atoms with E-state index in [1.54, 1.807) is 23.3 Å². The maximum absolute atomic E-state index is 12.8. The first-order valence-electron chi connectivity index (χ1n) is 8.42. The van der Waals surface area contributed by atoms with Crippen LogP contribution in [-0.4, -0.2) is 30.9 Å². The first-order chi connectivity index (χ1) is 13.3. The number of hydrogen-bond acceptors (Lipinski definition) is 5. The van der Waals surface area contributed by atoms with Crippen LogP contribution < -0.4 is 5.32 Å². The minimum Gasteiger partial charge on any atom is -0.345 e. The Balaban J connectivity index is 1.70. The Hall–Kier alpha value is -3.87. The normalized spacial score (nSPS) is 10.5. The molecule has 27 heavy (non-hydrogen) atoms. The van der Waals surface area contributed by atoms with Gasteiger partial charge in [-0.1, -0.05) is 29.5 Å². The highest BCUT2D eigenvalue weighted by atomic mass is 16.2. The number of carbonyl (C=O) groups excluding carboxylic acids is 1. The molecule has 0 saturated carbocycles. The second-order valence-electron chi connectivity index (χ2n) is 5.77. The van der Waals surface area contributed by atoms with E-state index in [4.69, 9.17) is 0 Å². The molecule has 0 fully saturated rings. The van der Waals surface area contributed by atoms with Gasteiger partial charge in [-0.2, -0.15) is 0 Å². The van der Waals surface area contributed by atoms with Crippen LogP contribution in [0.15, 0.2) is 79.3 Å². The van der Waals surface area contributed by atoms with E-state index in [-0.39, 0.29) is 11.6 Å². The summed E-state index contributed by atoms with van der Waals surface area (Å²) in [6, 6.07) is 18.8. The van der Waals surface area contributed by atoms with E-state index in [9.17, 15) is 4.79 Å². The number of pyridine rings is 2. The summed E-state index contributed by atoms with van der Waals surface area (Å²) in [6.07, 6.45) is 5.04. The van der Waals surface area contributed by atoms with E-state index in [1.165, 1.54) is 0 Å². The molecule has 0 bridgehead atoms. The second kappa shape index (κ2) is 7.57. The van der Waals surface area contributed by atoms with Gasteiger partial charge in [0, 0.05) is 24.2 Å². The van der Waals surface area contributed by atoms with Crippen molar-refractivity contribution < 1.29 is 4.79 Å². The number of carbonyl (C=O) groups is 1. The average Bonchev–Trinajstić information content (AvgIpc) is 3.19. The van der Waals surface area contributed by atoms with Crippen molar-refractivity contribution in [2.24, 2.45) is 0 Å². The highest BCUT2D eigenvalue weighted by molar-refractivity contribution is 5.98. The van der Waals surface area contributed by atoms with E-state index >= 15 is 0 Å². The minimum atomic E-state index is -0.311. The second-order valence-corrected chi connectivity index (χ2v) is 5.77. The number of rotatable bonds is 5. The van der Waals surface area contributed by atoms with Gasteiger partial charge in [-0.3, -0.25) is 14.8 Å². The maximum atomic E-state index is 12.8. The molecule has 3 aromatic heterocycles. The third kappa shape index (κ3) is 3.57. The number of amides is 1. The summed E-state index contributed by atoms with van der Waals surface area (Å²) < 4.78 is 1.66. The van der Waals surface area contributed by atoms with Crippen molar-refractivity contribution in [3.05, 3.63) is 90.6 Å². The molecule has 0 radical (unpaired) electrons. The minimum absolute atomic E-state index is 0.251. The molecule has 1 aromatic carbocycles. The smallest absolute Gasteiger partial charge is 0.274 e. The van der Waals surface area contributed by atoms with Gasteiger partial charge in [-0.05, 0) is 36.4 Å². The lowest BCUT2D eigenvalue weighted by Gasteiger charge is -2.08. The number of benzene rings is 1. The van der Waals surface area contributed by atoms with Crippen LogP contribution in [0, 0.1) is 0 Å². The molecule has 0 saturated heterocycles. The molecule has 1 N–H and O–H groups in total. The Labute approximate surface area is 155 Å². The van der Waals surface area contributed by atoms with Gasteiger partial charge in [0.15, 0.2) is 5.69 Å². The maximum Gasteiger partial charge on any atom is 0.274 e. The van der Waals surface area contributed by atoms with Gasteiger partial charge < -0.3 is 5.32 Å². The van der Waals surface area contributed by atoms with Crippen molar-refractivity contribution in [1.29, 1.82) is 0 Å². The van der Waals surface area contributed by atoms with Crippen LogP contribution in [0.3, 0.4) is 0 Å². The van der Waals surface area contributed by atoms with Crippen molar-refractivity contribution in [2.75, 3.05) is 0 Å². The van der Waals surface area contributed by atoms with Crippen LogP contribution in [0.1, 0.15) is 16.2 Å². The molecule has 4 rings (SSSR count). The standard InChI is InChI=1S/C20H16N6O/c27-20(23-14-16-6-4-5-11-22-16)18-19(15-9-12-21-13-10-15)26(25-24-18)17-7-2-1-3-8-17/h1-13H,14H2,(H,23,27). The Bertz CT molecular complexity index is 1030. The van der Waals surface area contributed by atoms with Gasteiger partial charge >= 0.3 is 0 Å². The highest BCUT2D eigenvalue weighted by Crippen LogP contribution is 2.24. The Morgan fingerprint density at radius 1 is 0.926 bits per heavy atom. The summed E-state index contributed by atoms with van der Waals surface area (Å²) in [5, 5.41) is 11.2. The Morgan fingerprint density at radius 3 is 2.44 bits per heavy atom. The number of nitrogens with zero attached hydrogens (tertiary/aromatic N) is 5. The monoisotopic (exact) mass is 356 g/mol. The molecular formula is C20H16N6O. The van der Waals surface area contributed by atoms with Crippen LogP contribution in [0.25, 0.3) is 16.9 Å². The zero-order valence-corrected chi connectivity index (χ0v) is 14.4. The number of aromatic nitrogens is 5. The fourth-order valence-electron chi connectivity index (χ4n) is 2.71.